The number of ketones is 1. The van der Waals surface area contributed by atoms with Gasteiger partial charge < -0.3 is 24.7 Å². The number of rotatable bonds is 12. The number of aromatic nitrogens is 2. The minimum atomic E-state index is -1.17. The zero-order valence-electron chi connectivity index (χ0n) is 22.0. The number of nitrogens with one attached hydrogen (secondary N) is 2. The monoisotopic (exact) mass is 531 g/mol. The highest BCUT2D eigenvalue weighted by Crippen LogP contribution is 2.29. The summed E-state index contributed by atoms with van der Waals surface area (Å²) in [5.41, 5.74) is -1.17. The number of Topliss-reactive ketones (excluding diaryl/α,β-unsaturated/α-hetero) is 1. The molecule has 1 unspecified atom stereocenters. The summed E-state index contributed by atoms with van der Waals surface area (Å²) in [6.45, 7) is 4.76. The Balaban J connectivity index is 1.72. The molecule has 1 aliphatic carbocycles. The van der Waals surface area contributed by atoms with Gasteiger partial charge in [0.05, 0.1) is 6.04 Å². The smallest absolute Gasteiger partial charge is 0.410 e. The lowest BCUT2D eigenvalue weighted by atomic mass is 9.80. The van der Waals surface area contributed by atoms with Crippen LogP contribution in [0.1, 0.15) is 63.1 Å². The highest BCUT2D eigenvalue weighted by atomic mass is 32.2. The molecular weight excluding hydrogens is 494 g/mol. The average molecular weight is 532 g/mol. The molecule has 1 fully saturated rings. The molecule has 1 aliphatic rings. The molecule has 1 aromatic carbocycles. The average Bonchev–Trinajstić information content (AvgIpc) is 3.32. The quantitative estimate of drug-likeness (QED) is 0.309. The van der Waals surface area contributed by atoms with E-state index < -0.39 is 29.4 Å². The summed E-state index contributed by atoms with van der Waals surface area (Å²) in [6.07, 6.45) is 3.12. The van der Waals surface area contributed by atoms with Crippen molar-refractivity contribution in [2.75, 3.05) is 26.4 Å². The number of hydrogen-bond donors (Lipinski definition) is 2. The molecule has 0 bridgehead atoms. The Kier molecular flexibility index (Phi) is 10.5. The lowest BCUT2D eigenvalue weighted by molar-refractivity contribution is -0.129. The van der Waals surface area contributed by atoms with Gasteiger partial charge in [-0.05, 0) is 51.4 Å². The highest BCUT2D eigenvalue weighted by molar-refractivity contribution is 7.99. The Morgan fingerprint density at radius 2 is 1.81 bits per heavy atom. The van der Waals surface area contributed by atoms with Gasteiger partial charge in [-0.1, -0.05) is 63.1 Å². The first-order valence-electron chi connectivity index (χ1n) is 12.7. The largest absolute Gasteiger partial charge is 0.413 e. The van der Waals surface area contributed by atoms with Gasteiger partial charge in [-0.2, -0.15) is 0 Å². The van der Waals surface area contributed by atoms with Gasteiger partial charge in [0, 0.05) is 12.3 Å². The molecule has 11 heteroatoms. The summed E-state index contributed by atoms with van der Waals surface area (Å²) in [6, 6.07) is 7.82. The van der Waals surface area contributed by atoms with Gasteiger partial charge in [0.25, 0.3) is 11.1 Å². The molecule has 1 aromatic heterocycles. The number of thioether (sulfide) groups is 1. The highest BCUT2D eigenvalue weighted by Gasteiger charge is 2.43. The molecule has 2 amide bonds. The number of nitrogens with zero attached hydrogens (tertiary/aromatic N) is 3. The molecule has 0 aliphatic heterocycles. The van der Waals surface area contributed by atoms with E-state index in [2.05, 4.69) is 20.8 Å². The van der Waals surface area contributed by atoms with Crippen molar-refractivity contribution in [2.24, 2.45) is 5.92 Å². The third-order valence-corrected chi connectivity index (χ3v) is 6.95. The van der Waals surface area contributed by atoms with E-state index in [4.69, 9.17) is 9.15 Å². The van der Waals surface area contributed by atoms with E-state index in [0.717, 1.165) is 31.6 Å². The van der Waals surface area contributed by atoms with Gasteiger partial charge in [0.2, 0.25) is 11.7 Å². The van der Waals surface area contributed by atoms with Gasteiger partial charge in [-0.25, -0.2) is 4.79 Å². The minimum absolute atomic E-state index is 0.115. The number of carbonyl (C=O) groups excluding carboxylic acids is 3. The maximum absolute atomic E-state index is 13.6. The number of carbonyl (C=O) groups is 3. The van der Waals surface area contributed by atoms with Crippen LogP contribution in [0.2, 0.25) is 0 Å². The molecule has 2 aromatic rings. The van der Waals surface area contributed by atoms with Crippen LogP contribution < -0.4 is 15.4 Å². The number of hydrogen-bond acceptors (Lipinski definition) is 9. The molecule has 37 heavy (non-hydrogen) atoms. The minimum Gasteiger partial charge on any atom is -0.410 e. The first-order chi connectivity index (χ1) is 17.7. The molecule has 0 spiro atoms. The molecular formula is C26H37N5O5S. The second-order valence-corrected chi connectivity index (χ2v) is 11.1. The Labute approximate surface area is 222 Å². The molecule has 1 heterocycles. The van der Waals surface area contributed by atoms with Gasteiger partial charge in [0.1, 0.15) is 11.3 Å². The fourth-order valence-electron chi connectivity index (χ4n) is 4.21. The van der Waals surface area contributed by atoms with E-state index in [1.807, 2.05) is 38.9 Å². The summed E-state index contributed by atoms with van der Waals surface area (Å²) in [7, 11) is 3.94. The van der Waals surface area contributed by atoms with E-state index in [1.54, 1.807) is 24.3 Å². The van der Waals surface area contributed by atoms with Crippen LogP contribution in [-0.4, -0.2) is 70.9 Å². The second-order valence-electron chi connectivity index (χ2n) is 10.0. The summed E-state index contributed by atoms with van der Waals surface area (Å²) < 4.78 is 11.0. The van der Waals surface area contributed by atoms with Crippen LogP contribution in [0.25, 0.3) is 0 Å². The Morgan fingerprint density at radius 3 is 2.46 bits per heavy atom. The summed E-state index contributed by atoms with van der Waals surface area (Å²) in [4.78, 5) is 41.7. The molecule has 2 N–H and O–H groups in total. The molecule has 1 saturated carbocycles. The molecule has 0 radical (unpaired) electrons. The van der Waals surface area contributed by atoms with Crippen LogP contribution in [0, 0.1) is 5.92 Å². The van der Waals surface area contributed by atoms with Crippen LogP contribution >= 0.6 is 11.8 Å². The van der Waals surface area contributed by atoms with Crippen molar-refractivity contribution in [3.05, 3.63) is 36.2 Å². The van der Waals surface area contributed by atoms with E-state index in [1.165, 1.54) is 11.8 Å². The van der Waals surface area contributed by atoms with E-state index in [0.29, 0.717) is 30.2 Å². The van der Waals surface area contributed by atoms with Crippen molar-refractivity contribution in [1.82, 2.24) is 25.7 Å². The van der Waals surface area contributed by atoms with Crippen molar-refractivity contribution >= 4 is 29.5 Å². The van der Waals surface area contributed by atoms with E-state index >= 15 is 0 Å². The van der Waals surface area contributed by atoms with Gasteiger partial charge in [-0.3, -0.25) is 9.59 Å². The van der Waals surface area contributed by atoms with Gasteiger partial charge >= 0.3 is 6.09 Å². The van der Waals surface area contributed by atoms with Crippen LogP contribution in [-0.2, 0) is 4.79 Å². The Hall–Kier alpha value is -2.92. The standard InChI is InChI=1S/C26H37N5O5S/c1-18(2)17-20(21(32)22-29-30-25(36-22)37-16-15-31(3)4)27-23(33)26(13-9-6-10-14-26)28-24(34)35-19-11-7-5-8-12-19/h5,7-8,11-12,18,20H,6,9-10,13-17H2,1-4H3,(H,27,33)(H,28,34). The first-order valence-corrected chi connectivity index (χ1v) is 13.7. The maximum Gasteiger partial charge on any atom is 0.413 e. The Morgan fingerprint density at radius 1 is 1.11 bits per heavy atom. The number of para-hydroxylation sites is 1. The third kappa shape index (κ3) is 8.57. The molecule has 3 rings (SSSR count). The SMILES string of the molecule is CC(C)CC(NC(=O)C1(NC(=O)Oc2ccccc2)CCCCC1)C(=O)c1nnc(SCCN(C)C)o1. The first kappa shape index (κ1) is 28.6. The fourth-order valence-corrected chi connectivity index (χ4v) is 5.08. The van der Waals surface area contributed by atoms with E-state index in [-0.39, 0.29) is 11.8 Å². The second kappa shape index (κ2) is 13.6. The van der Waals surface area contributed by atoms with Crippen LogP contribution in [0.4, 0.5) is 4.79 Å². The fraction of sp³-hybridized carbons (Fsp3) is 0.577. The lowest BCUT2D eigenvalue weighted by Crippen LogP contribution is -2.62. The topological polar surface area (TPSA) is 127 Å². The normalized spacial score (nSPS) is 15.8. The molecule has 0 saturated heterocycles. The molecule has 1 atom stereocenters. The zero-order chi connectivity index (χ0) is 26.8. The lowest BCUT2D eigenvalue weighted by Gasteiger charge is -2.37. The predicted molar refractivity (Wildman–Crippen MR) is 141 cm³/mol. The van der Waals surface area contributed by atoms with Crippen molar-refractivity contribution in [2.45, 2.75) is 69.2 Å². The van der Waals surface area contributed by atoms with Crippen LogP contribution in [0.5, 0.6) is 5.75 Å². The predicted octanol–water partition coefficient (Wildman–Crippen LogP) is 3.93. The Bertz CT molecular complexity index is 1040. The molecule has 202 valence electrons. The van der Waals surface area contributed by atoms with Crippen molar-refractivity contribution < 1.29 is 23.5 Å². The third-order valence-electron chi connectivity index (χ3n) is 6.15. The number of ether oxygens (including phenoxy) is 1. The van der Waals surface area contributed by atoms with Crippen molar-refractivity contribution in [1.29, 1.82) is 0 Å². The van der Waals surface area contributed by atoms with Gasteiger partial charge in [0.15, 0.2) is 0 Å². The molecule has 10 nitrogen and oxygen atoms in total. The van der Waals surface area contributed by atoms with Gasteiger partial charge in [-0.15, -0.1) is 10.2 Å². The summed E-state index contributed by atoms with van der Waals surface area (Å²) in [5.74, 6) is 0.261. The summed E-state index contributed by atoms with van der Waals surface area (Å²) in [5, 5.41) is 13.9. The maximum atomic E-state index is 13.6. The van der Waals surface area contributed by atoms with Crippen molar-refractivity contribution in [3.8, 4) is 5.75 Å². The van der Waals surface area contributed by atoms with Crippen molar-refractivity contribution in [3.63, 3.8) is 0 Å². The van der Waals surface area contributed by atoms with Crippen LogP contribution in [0.15, 0.2) is 40.0 Å². The number of amides is 2. The van der Waals surface area contributed by atoms with Crippen LogP contribution in [0.3, 0.4) is 0 Å². The van der Waals surface area contributed by atoms with E-state index in [9.17, 15) is 14.4 Å². The summed E-state index contributed by atoms with van der Waals surface area (Å²) >= 11 is 1.37. The number of benzene rings is 1. The zero-order valence-corrected chi connectivity index (χ0v) is 22.8.